The van der Waals surface area contributed by atoms with Crippen LogP contribution < -0.4 is 15.0 Å². The molecular weight excluding hydrogens is 1040 g/mol. The third-order valence-corrected chi connectivity index (χ3v) is 20.2. The van der Waals surface area contributed by atoms with Crippen molar-refractivity contribution in [1.29, 1.82) is 0 Å². The number of hydrogen-bond acceptors (Lipinski definition) is 4. The van der Waals surface area contributed by atoms with Gasteiger partial charge in [-0.05, 0) is 188 Å². The van der Waals surface area contributed by atoms with Gasteiger partial charge in [-0.1, -0.05) is 220 Å². The van der Waals surface area contributed by atoms with Gasteiger partial charge in [0, 0.05) is 49.0 Å². The molecule has 11 aromatic rings. The SMILES string of the molecule is Cc1cccc(N(c2ccc(C(C)(C)C)cc2)c2ccc3c(c2)C(c2ccc(Sc4ccc(C(C)(C)C)cc4)cc2)(c2ccc([Si](C)(C)C)cc2)c2cc(N(c4ccc(C(C)(C)C)cc4)c4cccc(C)c4)c4oc5ccccc5c4c2-3)c1. The van der Waals surface area contributed by atoms with Crippen molar-refractivity contribution in [3.8, 4) is 11.1 Å². The molecule has 0 radical (unpaired) electrons. The largest absolute Gasteiger partial charge is 0.454 e. The number of aryl methyl sites for hydroxylation is 2. The Kier molecular flexibility index (Phi) is 14.0. The van der Waals surface area contributed by atoms with E-state index < -0.39 is 13.5 Å². The summed E-state index contributed by atoms with van der Waals surface area (Å²) in [7, 11) is -1.73. The van der Waals surface area contributed by atoms with Crippen molar-refractivity contribution in [1.82, 2.24) is 0 Å². The predicted molar refractivity (Wildman–Crippen MR) is 360 cm³/mol. The number of furan rings is 1. The van der Waals surface area contributed by atoms with Crippen LogP contribution in [0.15, 0.2) is 233 Å². The number of benzene rings is 10. The van der Waals surface area contributed by atoms with Crippen LogP contribution in [-0.2, 0) is 21.7 Å². The molecule has 83 heavy (non-hydrogen) atoms. The molecule has 3 nitrogen and oxygen atoms in total. The molecule has 1 unspecified atom stereocenters. The van der Waals surface area contributed by atoms with Crippen LogP contribution in [0.2, 0.25) is 19.6 Å². The highest BCUT2D eigenvalue weighted by Crippen LogP contribution is 2.62. The second-order valence-electron chi connectivity index (χ2n) is 27.3. The smallest absolute Gasteiger partial charge is 0.160 e. The highest BCUT2D eigenvalue weighted by molar-refractivity contribution is 7.99. The molecule has 416 valence electrons. The molecule has 12 rings (SSSR count). The fourth-order valence-corrected chi connectivity index (χ4v) is 14.5. The van der Waals surface area contributed by atoms with Crippen LogP contribution in [0.5, 0.6) is 0 Å². The van der Waals surface area contributed by atoms with E-state index in [1.807, 2.05) is 11.8 Å². The maximum atomic E-state index is 7.36. The number of hydrogen-bond donors (Lipinski definition) is 0. The van der Waals surface area contributed by atoms with E-state index in [-0.39, 0.29) is 16.2 Å². The zero-order valence-electron chi connectivity index (χ0n) is 51.0. The molecule has 0 N–H and O–H groups in total. The second kappa shape index (κ2) is 20.8. The summed E-state index contributed by atoms with van der Waals surface area (Å²) >= 11 is 1.82. The lowest BCUT2D eigenvalue weighted by atomic mass is 9.67. The predicted octanol–water partition coefficient (Wildman–Crippen LogP) is 22.1. The molecule has 1 aromatic heterocycles. The first-order valence-corrected chi connectivity index (χ1v) is 33.9. The topological polar surface area (TPSA) is 19.6 Å². The van der Waals surface area contributed by atoms with Gasteiger partial charge >= 0.3 is 0 Å². The van der Waals surface area contributed by atoms with Crippen molar-refractivity contribution in [3.63, 3.8) is 0 Å². The number of fused-ring (bicyclic) bond motifs is 7. The van der Waals surface area contributed by atoms with Crippen LogP contribution in [0, 0.1) is 13.8 Å². The lowest BCUT2D eigenvalue weighted by Crippen LogP contribution is -2.38. The van der Waals surface area contributed by atoms with Crippen molar-refractivity contribution in [2.45, 2.75) is 127 Å². The van der Waals surface area contributed by atoms with Gasteiger partial charge in [-0.15, -0.1) is 0 Å². The number of rotatable bonds is 11. The molecule has 1 atom stereocenters. The summed E-state index contributed by atoms with van der Waals surface area (Å²) in [5.74, 6) is 0. The molecule has 1 aliphatic rings. The summed E-state index contributed by atoms with van der Waals surface area (Å²) in [6.07, 6.45) is 0. The van der Waals surface area contributed by atoms with Crippen molar-refractivity contribution in [3.05, 3.63) is 268 Å². The van der Waals surface area contributed by atoms with Gasteiger partial charge in [-0.25, -0.2) is 0 Å². The van der Waals surface area contributed by atoms with Gasteiger partial charge in [-0.2, -0.15) is 0 Å². The van der Waals surface area contributed by atoms with Crippen LogP contribution >= 0.6 is 11.8 Å². The molecule has 1 heterocycles. The third-order valence-electron chi connectivity index (χ3n) is 17.1. The second-order valence-corrected chi connectivity index (χ2v) is 33.5. The maximum absolute atomic E-state index is 7.36. The summed E-state index contributed by atoms with van der Waals surface area (Å²) < 4.78 is 7.36. The molecule has 0 saturated heterocycles. The molecule has 0 amide bonds. The van der Waals surface area contributed by atoms with E-state index >= 15 is 0 Å². The Labute approximate surface area is 499 Å². The zero-order chi connectivity index (χ0) is 58.4. The lowest BCUT2D eigenvalue weighted by molar-refractivity contribution is 0.589. The Morgan fingerprint density at radius 2 is 0.880 bits per heavy atom. The minimum atomic E-state index is -1.73. The van der Waals surface area contributed by atoms with Crippen molar-refractivity contribution in [2.24, 2.45) is 0 Å². The fourth-order valence-electron chi connectivity index (χ4n) is 12.5. The van der Waals surface area contributed by atoms with Gasteiger partial charge in [0.15, 0.2) is 5.58 Å². The minimum Gasteiger partial charge on any atom is -0.454 e. The van der Waals surface area contributed by atoms with E-state index in [1.54, 1.807) is 0 Å². The Hall–Kier alpha value is -7.83. The van der Waals surface area contributed by atoms with E-state index in [1.165, 1.54) is 76.2 Å². The normalized spacial score (nSPS) is 14.5. The zero-order valence-corrected chi connectivity index (χ0v) is 52.8. The van der Waals surface area contributed by atoms with Crippen molar-refractivity contribution in [2.75, 3.05) is 9.80 Å². The van der Waals surface area contributed by atoms with Gasteiger partial charge in [-0.3, -0.25) is 0 Å². The third kappa shape index (κ3) is 10.2. The van der Waals surface area contributed by atoms with Crippen LogP contribution in [-0.4, -0.2) is 8.07 Å². The Morgan fingerprint density at radius 1 is 0.422 bits per heavy atom. The highest BCUT2D eigenvalue weighted by atomic mass is 32.2. The number of para-hydroxylation sites is 1. The van der Waals surface area contributed by atoms with Gasteiger partial charge in [0.2, 0.25) is 0 Å². The summed E-state index contributed by atoms with van der Waals surface area (Å²) in [4.78, 5) is 7.32. The van der Waals surface area contributed by atoms with E-state index in [0.29, 0.717) is 0 Å². The number of nitrogens with zero attached hydrogens (tertiary/aromatic N) is 2. The Balaban J connectivity index is 1.20. The Bertz CT molecular complexity index is 4200. The van der Waals surface area contributed by atoms with Gasteiger partial charge in [0.1, 0.15) is 5.58 Å². The fraction of sp³-hybridized carbons (Fsp3) is 0.231. The highest BCUT2D eigenvalue weighted by Gasteiger charge is 2.49. The molecular formula is C78H78N2OSSi. The molecule has 0 saturated carbocycles. The van der Waals surface area contributed by atoms with Gasteiger partial charge in [0.25, 0.3) is 0 Å². The van der Waals surface area contributed by atoms with Crippen LogP contribution in [0.4, 0.5) is 34.1 Å². The monoisotopic (exact) mass is 1120 g/mol. The Morgan fingerprint density at radius 3 is 1.40 bits per heavy atom. The van der Waals surface area contributed by atoms with Gasteiger partial charge < -0.3 is 14.2 Å². The molecule has 1 aliphatic carbocycles. The van der Waals surface area contributed by atoms with E-state index in [0.717, 1.165) is 56.1 Å². The number of anilines is 6. The molecule has 0 aliphatic heterocycles. The molecule has 0 spiro atoms. The van der Waals surface area contributed by atoms with E-state index in [2.05, 4.69) is 324 Å². The van der Waals surface area contributed by atoms with Crippen molar-refractivity contribution >= 4 is 81.1 Å². The summed E-state index contributed by atoms with van der Waals surface area (Å²) in [5.41, 5.74) is 21.0. The molecule has 5 heteroatoms. The first kappa shape index (κ1) is 55.7. The summed E-state index contributed by atoms with van der Waals surface area (Å²) in [6.45, 7) is 32.3. The summed E-state index contributed by atoms with van der Waals surface area (Å²) in [5, 5.41) is 3.64. The molecule has 0 bridgehead atoms. The lowest BCUT2D eigenvalue weighted by Gasteiger charge is -2.36. The van der Waals surface area contributed by atoms with Crippen LogP contribution in [0.1, 0.15) is 112 Å². The standard InChI is InChI=1S/C78H78N2OSSi/c1-51-19-17-21-60(47-51)79(58-35-25-53(26-36-58)75(3,4)5)62-39-46-66-68(49-62)78(57-33-44-65(45-34-57)83(12,13)14,56-31-42-64(43-32-56)82-63-40-29-55(30-41-63)77(9,10)11)69-50-70(74-73(72(66)69)67-23-15-16-24-71(67)81-74)80(61-22-18-20-52(2)48-61)59-37-27-54(28-38-59)76(6,7)8/h15-50H,1-14H3. The average Bonchev–Trinajstić information content (AvgIpc) is 1.90. The van der Waals surface area contributed by atoms with Crippen LogP contribution in [0.25, 0.3) is 33.1 Å². The van der Waals surface area contributed by atoms with Crippen LogP contribution in [0.3, 0.4) is 0 Å². The minimum absolute atomic E-state index is 0.00779. The quantitative estimate of drug-likeness (QED) is 0.120. The average molecular weight is 1120 g/mol. The first-order valence-electron chi connectivity index (χ1n) is 29.6. The summed E-state index contributed by atoms with van der Waals surface area (Å²) in [6, 6.07) is 83.3. The molecule has 0 fully saturated rings. The van der Waals surface area contributed by atoms with E-state index in [9.17, 15) is 0 Å². The van der Waals surface area contributed by atoms with Crippen molar-refractivity contribution < 1.29 is 4.42 Å². The van der Waals surface area contributed by atoms with Gasteiger partial charge in [0.05, 0.1) is 19.2 Å². The maximum Gasteiger partial charge on any atom is 0.160 e. The van der Waals surface area contributed by atoms with E-state index in [4.69, 9.17) is 4.42 Å². The molecule has 10 aromatic carbocycles. The first-order chi connectivity index (χ1) is 39.5.